The van der Waals surface area contributed by atoms with Gasteiger partial charge in [0.2, 0.25) is 0 Å². The third-order valence-corrected chi connectivity index (χ3v) is 4.25. The molecule has 0 amide bonds. The second-order valence-electron chi connectivity index (χ2n) is 5.76. The number of nitriles is 1. The fourth-order valence-corrected chi connectivity index (χ4v) is 3.09. The molecule has 1 aliphatic rings. The number of aromatic hydroxyl groups is 2. The van der Waals surface area contributed by atoms with Crippen LogP contribution in [0.5, 0.6) is 11.8 Å². The standard InChI is InChI=1S/C18H19N3O2/c19-11-13-5-1-4-12(10-13)6-3-9-21-17(22)14-7-2-8-15(20)16(14)18(21)23/h1-2,4-5,8,10,15,22-23H,3,6-7,9,20H2. The van der Waals surface area contributed by atoms with Gasteiger partial charge in [-0.25, -0.2) is 0 Å². The molecule has 1 aromatic heterocycles. The van der Waals surface area contributed by atoms with Crippen LogP contribution < -0.4 is 5.73 Å². The molecule has 1 heterocycles. The van der Waals surface area contributed by atoms with E-state index in [1.165, 1.54) is 4.57 Å². The van der Waals surface area contributed by atoms with Gasteiger partial charge in [0, 0.05) is 17.7 Å². The molecule has 0 radical (unpaired) electrons. The number of allylic oxidation sites excluding steroid dienone is 1. The van der Waals surface area contributed by atoms with Gasteiger partial charge in [-0.05, 0) is 37.0 Å². The second kappa shape index (κ2) is 6.19. The highest BCUT2D eigenvalue weighted by atomic mass is 16.3. The SMILES string of the molecule is N#Cc1cccc(CCCn2c(O)c3c(c2O)C(N)C=CC3)c1. The summed E-state index contributed by atoms with van der Waals surface area (Å²) in [7, 11) is 0. The molecule has 1 atom stereocenters. The van der Waals surface area contributed by atoms with Gasteiger partial charge in [0.1, 0.15) is 0 Å². The van der Waals surface area contributed by atoms with Crippen LogP contribution in [0.2, 0.25) is 0 Å². The van der Waals surface area contributed by atoms with Gasteiger partial charge in [-0.2, -0.15) is 5.26 Å². The van der Waals surface area contributed by atoms with Gasteiger partial charge in [-0.15, -0.1) is 0 Å². The predicted octanol–water partition coefficient (Wildman–Crippen LogP) is 2.52. The van der Waals surface area contributed by atoms with E-state index >= 15 is 0 Å². The van der Waals surface area contributed by atoms with E-state index in [1.54, 1.807) is 6.07 Å². The van der Waals surface area contributed by atoms with Crippen molar-refractivity contribution >= 4 is 0 Å². The first kappa shape index (κ1) is 15.2. The quantitative estimate of drug-likeness (QED) is 0.756. The van der Waals surface area contributed by atoms with Crippen molar-refractivity contribution in [1.29, 1.82) is 5.26 Å². The van der Waals surface area contributed by atoms with Crippen molar-refractivity contribution < 1.29 is 10.2 Å². The highest BCUT2D eigenvalue weighted by Crippen LogP contribution is 2.40. The van der Waals surface area contributed by atoms with E-state index in [4.69, 9.17) is 11.0 Å². The third kappa shape index (κ3) is 2.81. The van der Waals surface area contributed by atoms with E-state index in [1.807, 2.05) is 30.4 Å². The number of benzene rings is 1. The topological polar surface area (TPSA) is 95.2 Å². The largest absolute Gasteiger partial charge is 0.494 e. The maximum absolute atomic E-state index is 10.4. The van der Waals surface area contributed by atoms with Gasteiger partial charge in [0.25, 0.3) is 0 Å². The number of aromatic nitrogens is 1. The maximum atomic E-state index is 10.4. The van der Waals surface area contributed by atoms with Crippen LogP contribution in [0.1, 0.15) is 34.7 Å². The smallest absolute Gasteiger partial charge is 0.199 e. The Bertz CT molecular complexity index is 799. The number of hydrogen-bond donors (Lipinski definition) is 3. The monoisotopic (exact) mass is 309 g/mol. The normalized spacial score (nSPS) is 16.1. The molecule has 1 unspecified atom stereocenters. The minimum Gasteiger partial charge on any atom is -0.494 e. The van der Waals surface area contributed by atoms with Gasteiger partial charge < -0.3 is 15.9 Å². The van der Waals surface area contributed by atoms with Crippen molar-refractivity contribution in [2.45, 2.75) is 31.8 Å². The van der Waals surface area contributed by atoms with Gasteiger partial charge in [0.15, 0.2) is 11.8 Å². The van der Waals surface area contributed by atoms with E-state index in [2.05, 4.69) is 6.07 Å². The van der Waals surface area contributed by atoms with E-state index in [9.17, 15) is 10.2 Å². The molecular weight excluding hydrogens is 290 g/mol. The molecule has 4 N–H and O–H groups in total. The Hall–Kier alpha value is -2.71. The van der Waals surface area contributed by atoms with Crippen molar-refractivity contribution in [3.63, 3.8) is 0 Å². The van der Waals surface area contributed by atoms with Gasteiger partial charge in [0.05, 0.1) is 17.7 Å². The maximum Gasteiger partial charge on any atom is 0.199 e. The highest BCUT2D eigenvalue weighted by molar-refractivity contribution is 5.51. The lowest BCUT2D eigenvalue weighted by Gasteiger charge is -2.12. The zero-order valence-electron chi connectivity index (χ0n) is 12.7. The van der Waals surface area contributed by atoms with Crippen molar-refractivity contribution in [2.75, 3.05) is 0 Å². The van der Waals surface area contributed by atoms with E-state index in [-0.39, 0.29) is 17.8 Å². The number of nitrogens with zero attached hydrogens (tertiary/aromatic N) is 2. The molecule has 0 aliphatic heterocycles. The minimum absolute atomic E-state index is 0.0557. The summed E-state index contributed by atoms with van der Waals surface area (Å²) in [5, 5.41) is 29.6. The van der Waals surface area contributed by atoms with Crippen molar-refractivity contribution in [1.82, 2.24) is 4.57 Å². The minimum atomic E-state index is -0.377. The summed E-state index contributed by atoms with van der Waals surface area (Å²) in [6, 6.07) is 9.22. The lowest BCUT2D eigenvalue weighted by molar-refractivity contribution is 0.361. The fraction of sp³-hybridized carbons (Fsp3) is 0.278. The van der Waals surface area contributed by atoms with Crippen LogP contribution in [0.3, 0.4) is 0 Å². The van der Waals surface area contributed by atoms with E-state index < -0.39 is 0 Å². The molecule has 0 saturated heterocycles. The van der Waals surface area contributed by atoms with Crippen molar-refractivity contribution in [3.05, 3.63) is 58.7 Å². The first-order valence-corrected chi connectivity index (χ1v) is 7.66. The molecule has 5 heteroatoms. The lowest BCUT2D eigenvalue weighted by atomic mass is 9.97. The Kier molecular flexibility index (Phi) is 4.09. The average Bonchev–Trinajstić information content (AvgIpc) is 2.81. The van der Waals surface area contributed by atoms with Crippen LogP contribution in [0.15, 0.2) is 36.4 Å². The Balaban J connectivity index is 1.73. The Labute approximate surface area is 134 Å². The summed E-state index contributed by atoms with van der Waals surface area (Å²) in [4.78, 5) is 0. The molecule has 23 heavy (non-hydrogen) atoms. The zero-order valence-corrected chi connectivity index (χ0v) is 12.7. The predicted molar refractivity (Wildman–Crippen MR) is 87.0 cm³/mol. The summed E-state index contributed by atoms with van der Waals surface area (Å²) in [6.45, 7) is 0.494. The summed E-state index contributed by atoms with van der Waals surface area (Å²) in [6.07, 6.45) is 5.83. The first-order chi connectivity index (χ1) is 11.1. The van der Waals surface area contributed by atoms with E-state index in [0.29, 0.717) is 29.7 Å². The molecule has 3 rings (SSSR count). The van der Waals surface area contributed by atoms with Gasteiger partial charge >= 0.3 is 0 Å². The Morgan fingerprint density at radius 2 is 2.13 bits per heavy atom. The molecule has 0 bridgehead atoms. The summed E-state index contributed by atoms with van der Waals surface area (Å²) in [5.74, 6) is 0.156. The first-order valence-electron chi connectivity index (χ1n) is 7.66. The number of hydrogen-bond acceptors (Lipinski definition) is 4. The molecule has 0 saturated carbocycles. The number of rotatable bonds is 4. The van der Waals surface area contributed by atoms with Gasteiger partial charge in [-0.1, -0.05) is 24.3 Å². The van der Waals surface area contributed by atoms with E-state index in [0.717, 1.165) is 18.4 Å². The second-order valence-corrected chi connectivity index (χ2v) is 5.76. The lowest BCUT2D eigenvalue weighted by Crippen LogP contribution is -2.11. The Morgan fingerprint density at radius 1 is 1.30 bits per heavy atom. The van der Waals surface area contributed by atoms with Crippen molar-refractivity contribution in [3.8, 4) is 17.8 Å². The molecule has 0 spiro atoms. The van der Waals surface area contributed by atoms with Crippen LogP contribution in [-0.4, -0.2) is 14.8 Å². The van der Waals surface area contributed by atoms with Gasteiger partial charge in [-0.3, -0.25) is 4.57 Å². The summed E-state index contributed by atoms with van der Waals surface area (Å²) in [5.41, 5.74) is 9.02. The van der Waals surface area contributed by atoms with Crippen LogP contribution in [-0.2, 0) is 19.4 Å². The molecule has 0 fully saturated rings. The highest BCUT2D eigenvalue weighted by Gasteiger charge is 2.26. The third-order valence-electron chi connectivity index (χ3n) is 4.25. The van der Waals surface area contributed by atoms with Crippen LogP contribution >= 0.6 is 0 Å². The van der Waals surface area contributed by atoms with Crippen LogP contribution in [0, 0.1) is 11.3 Å². The summed E-state index contributed by atoms with van der Waals surface area (Å²) >= 11 is 0. The zero-order chi connectivity index (χ0) is 16.4. The molecule has 1 aliphatic carbocycles. The number of fused-ring (bicyclic) bond motifs is 1. The van der Waals surface area contributed by atoms with Crippen molar-refractivity contribution in [2.24, 2.45) is 5.73 Å². The van der Waals surface area contributed by atoms with Crippen LogP contribution in [0.4, 0.5) is 0 Å². The Morgan fingerprint density at radius 3 is 2.87 bits per heavy atom. The molecule has 5 nitrogen and oxygen atoms in total. The average molecular weight is 309 g/mol. The molecule has 2 aromatic rings. The number of aryl methyl sites for hydroxylation is 1. The summed E-state index contributed by atoms with van der Waals surface area (Å²) < 4.78 is 1.52. The van der Waals surface area contributed by atoms with Crippen LogP contribution in [0.25, 0.3) is 0 Å². The molecule has 118 valence electrons. The fourth-order valence-electron chi connectivity index (χ4n) is 3.09. The number of nitrogens with two attached hydrogens (primary N) is 1. The molecule has 1 aromatic carbocycles. The molecular formula is C18H19N3O2.